The topological polar surface area (TPSA) is 39.9 Å². The van der Waals surface area contributed by atoms with Gasteiger partial charge in [-0.15, -0.1) is 0 Å². The summed E-state index contributed by atoms with van der Waals surface area (Å²) in [6.07, 6.45) is 3.85. The summed E-state index contributed by atoms with van der Waals surface area (Å²) in [5.74, 6) is -0.229. The lowest BCUT2D eigenvalue weighted by Gasteiger charge is -2.27. The van der Waals surface area contributed by atoms with Crippen molar-refractivity contribution in [2.24, 2.45) is 0 Å². The zero-order chi connectivity index (χ0) is 13.0. The lowest BCUT2D eigenvalue weighted by molar-refractivity contribution is 0.326. The molecule has 0 bridgehead atoms. The minimum absolute atomic E-state index is 0.229. The van der Waals surface area contributed by atoms with Crippen LogP contribution >= 0.6 is 0 Å². The molecule has 0 radical (unpaired) electrons. The van der Waals surface area contributed by atoms with Crippen molar-refractivity contribution in [3.05, 3.63) is 42.7 Å². The van der Waals surface area contributed by atoms with Crippen LogP contribution in [-0.4, -0.2) is 29.7 Å². The molecule has 1 aromatic carbocycles. The van der Waals surface area contributed by atoms with Crippen LogP contribution in [0.2, 0.25) is 6.55 Å². The van der Waals surface area contributed by atoms with Gasteiger partial charge in [0.25, 0.3) is 0 Å². The van der Waals surface area contributed by atoms with Crippen LogP contribution in [0.5, 0.6) is 0 Å². The van der Waals surface area contributed by atoms with Gasteiger partial charge in [-0.1, -0.05) is 12.1 Å². The molecule has 0 aliphatic rings. The Hall–Kier alpha value is -1.53. The average Bonchev–Trinajstić information content (AvgIpc) is 2.82. The molecular formula is C12H16FN3OSi. The van der Waals surface area contributed by atoms with E-state index in [1.54, 1.807) is 23.1 Å². The van der Waals surface area contributed by atoms with E-state index in [1.165, 1.54) is 18.5 Å². The zero-order valence-corrected chi connectivity index (χ0v) is 11.5. The van der Waals surface area contributed by atoms with Crippen molar-refractivity contribution in [1.29, 1.82) is 0 Å². The highest BCUT2D eigenvalue weighted by Crippen LogP contribution is 2.09. The highest BCUT2D eigenvalue weighted by molar-refractivity contribution is 6.84. The van der Waals surface area contributed by atoms with Crippen molar-refractivity contribution in [3.8, 4) is 0 Å². The monoisotopic (exact) mass is 265 g/mol. The Balaban J connectivity index is 2.28. The summed E-state index contributed by atoms with van der Waals surface area (Å²) >= 11 is 0. The molecule has 0 spiro atoms. The highest BCUT2D eigenvalue weighted by atomic mass is 28.4. The largest absolute Gasteiger partial charge is 0.411 e. The Morgan fingerprint density at radius 3 is 2.61 bits per heavy atom. The van der Waals surface area contributed by atoms with E-state index in [9.17, 15) is 4.39 Å². The summed E-state index contributed by atoms with van der Waals surface area (Å²) in [5, 5.41) is 5.17. The Labute approximate surface area is 107 Å². The van der Waals surface area contributed by atoms with Crippen LogP contribution < -0.4 is 5.19 Å². The smallest absolute Gasteiger partial charge is 0.242 e. The van der Waals surface area contributed by atoms with E-state index in [-0.39, 0.29) is 5.82 Å². The average molecular weight is 265 g/mol. The van der Waals surface area contributed by atoms with E-state index < -0.39 is 8.32 Å². The second-order valence-corrected chi connectivity index (χ2v) is 7.91. The molecule has 0 saturated carbocycles. The minimum atomic E-state index is -2.16. The van der Waals surface area contributed by atoms with Gasteiger partial charge in [0, 0.05) is 6.61 Å². The van der Waals surface area contributed by atoms with Gasteiger partial charge in [-0.2, -0.15) is 5.10 Å². The number of rotatable bonds is 5. The second-order valence-electron chi connectivity index (χ2n) is 4.26. The van der Waals surface area contributed by atoms with E-state index in [2.05, 4.69) is 16.6 Å². The molecule has 1 aromatic heterocycles. The third kappa shape index (κ3) is 2.83. The molecule has 2 aromatic rings. The Kier molecular flexibility index (Phi) is 3.88. The molecule has 4 nitrogen and oxygen atoms in total. The zero-order valence-electron chi connectivity index (χ0n) is 10.5. The number of hydrogen-bond donors (Lipinski definition) is 0. The maximum Gasteiger partial charge on any atom is 0.242 e. The third-order valence-electron chi connectivity index (χ3n) is 2.85. The maximum atomic E-state index is 13.0. The van der Waals surface area contributed by atoms with Crippen molar-refractivity contribution < 1.29 is 8.82 Å². The van der Waals surface area contributed by atoms with E-state index in [4.69, 9.17) is 4.43 Å². The Morgan fingerprint density at radius 2 is 2.06 bits per heavy atom. The summed E-state index contributed by atoms with van der Waals surface area (Å²) in [6, 6.07) is 6.55. The molecule has 1 heterocycles. The lowest BCUT2D eigenvalue weighted by Crippen LogP contribution is -2.52. The molecule has 96 valence electrons. The molecule has 0 aliphatic heterocycles. The van der Waals surface area contributed by atoms with Gasteiger partial charge in [0.1, 0.15) is 18.5 Å². The predicted octanol–water partition coefficient (Wildman–Crippen LogP) is 1.48. The fraction of sp³-hybridized carbons (Fsp3) is 0.333. The summed E-state index contributed by atoms with van der Waals surface area (Å²) < 4.78 is 20.7. The lowest BCUT2D eigenvalue weighted by atomic mass is 10.3. The molecule has 0 aliphatic carbocycles. The van der Waals surface area contributed by atoms with E-state index in [1.807, 2.05) is 6.92 Å². The molecule has 18 heavy (non-hydrogen) atoms. The van der Waals surface area contributed by atoms with Crippen LogP contribution in [0.4, 0.5) is 4.39 Å². The van der Waals surface area contributed by atoms with Crippen molar-refractivity contribution in [2.45, 2.75) is 19.6 Å². The molecule has 1 unspecified atom stereocenters. The quantitative estimate of drug-likeness (QED) is 0.769. The van der Waals surface area contributed by atoms with Crippen LogP contribution in [-0.2, 0) is 10.6 Å². The normalized spacial score (nSPS) is 14.4. The second kappa shape index (κ2) is 5.41. The first-order valence-corrected chi connectivity index (χ1v) is 8.48. The summed E-state index contributed by atoms with van der Waals surface area (Å²) in [4.78, 5) is 3.93. The van der Waals surface area contributed by atoms with Gasteiger partial charge in [-0.25, -0.2) is 9.37 Å². The highest BCUT2D eigenvalue weighted by Gasteiger charge is 2.32. The third-order valence-corrected chi connectivity index (χ3v) is 6.26. The van der Waals surface area contributed by atoms with Gasteiger partial charge in [0.2, 0.25) is 8.32 Å². The molecule has 1 atom stereocenters. The first-order chi connectivity index (χ1) is 8.64. The van der Waals surface area contributed by atoms with Gasteiger partial charge in [-0.05, 0) is 30.8 Å². The molecule has 6 heteroatoms. The van der Waals surface area contributed by atoms with Crippen molar-refractivity contribution in [3.63, 3.8) is 0 Å². The molecular weight excluding hydrogens is 249 g/mol. The van der Waals surface area contributed by atoms with Gasteiger partial charge in [-0.3, -0.25) is 4.68 Å². The van der Waals surface area contributed by atoms with E-state index in [0.717, 1.165) is 5.19 Å². The fourth-order valence-corrected chi connectivity index (χ4v) is 4.70. The van der Waals surface area contributed by atoms with Crippen molar-refractivity contribution >= 4 is 13.5 Å². The van der Waals surface area contributed by atoms with Gasteiger partial charge in [0.15, 0.2) is 0 Å². The molecule has 2 rings (SSSR count). The van der Waals surface area contributed by atoms with E-state index in [0.29, 0.717) is 12.8 Å². The standard InChI is InChI=1S/C12H16FN3OSi/c1-3-17-18(2,10-16-9-14-8-15-16)12-6-4-11(13)5-7-12/h4-9H,3,10H2,1-2H3. The maximum absolute atomic E-state index is 13.0. The number of nitrogens with zero attached hydrogens (tertiary/aromatic N) is 3. The molecule has 0 N–H and O–H groups in total. The Morgan fingerprint density at radius 1 is 1.33 bits per heavy atom. The molecule has 0 saturated heterocycles. The Bertz CT molecular complexity index is 489. The van der Waals surface area contributed by atoms with Gasteiger partial charge < -0.3 is 4.43 Å². The summed E-state index contributed by atoms with van der Waals surface area (Å²) in [7, 11) is -2.16. The predicted molar refractivity (Wildman–Crippen MR) is 69.3 cm³/mol. The van der Waals surface area contributed by atoms with Crippen LogP contribution in [0.1, 0.15) is 6.92 Å². The first-order valence-electron chi connectivity index (χ1n) is 5.86. The summed E-state index contributed by atoms with van der Waals surface area (Å²) in [6.45, 7) is 4.70. The number of benzene rings is 1. The van der Waals surface area contributed by atoms with E-state index >= 15 is 0 Å². The minimum Gasteiger partial charge on any atom is -0.411 e. The van der Waals surface area contributed by atoms with Crippen LogP contribution in [0.15, 0.2) is 36.9 Å². The molecule has 0 fully saturated rings. The first kappa shape index (κ1) is 12.9. The van der Waals surface area contributed by atoms with Gasteiger partial charge >= 0.3 is 0 Å². The summed E-state index contributed by atoms with van der Waals surface area (Å²) in [5.41, 5.74) is 0. The van der Waals surface area contributed by atoms with Crippen LogP contribution in [0, 0.1) is 5.82 Å². The number of halogens is 1. The van der Waals surface area contributed by atoms with Gasteiger partial charge in [0.05, 0.1) is 6.17 Å². The number of hydrogen-bond acceptors (Lipinski definition) is 3. The van der Waals surface area contributed by atoms with Crippen molar-refractivity contribution in [2.75, 3.05) is 6.61 Å². The SMILES string of the molecule is CCO[Si](C)(Cn1cncn1)c1ccc(F)cc1. The fourth-order valence-electron chi connectivity index (χ4n) is 1.96. The van der Waals surface area contributed by atoms with Crippen molar-refractivity contribution in [1.82, 2.24) is 14.8 Å². The van der Waals surface area contributed by atoms with Crippen LogP contribution in [0.25, 0.3) is 0 Å². The molecule has 0 amide bonds. The number of aromatic nitrogens is 3. The van der Waals surface area contributed by atoms with Crippen LogP contribution in [0.3, 0.4) is 0 Å².